The summed E-state index contributed by atoms with van der Waals surface area (Å²) in [6.07, 6.45) is 3.86. The van der Waals surface area contributed by atoms with E-state index in [1.165, 1.54) is 25.8 Å². The Morgan fingerprint density at radius 3 is 2.76 bits per heavy atom. The average Bonchev–Trinajstić information content (AvgIpc) is 2.57. The summed E-state index contributed by atoms with van der Waals surface area (Å²) in [5, 5.41) is 3.44. The molecule has 0 aliphatic carbocycles. The molecule has 17 heavy (non-hydrogen) atoms. The summed E-state index contributed by atoms with van der Waals surface area (Å²) in [4.78, 5) is 2.43. The van der Waals surface area contributed by atoms with Crippen LogP contribution in [-0.4, -0.2) is 64.6 Å². The van der Waals surface area contributed by atoms with Crippen molar-refractivity contribution in [3.63, 3.8) is 0 Å². The zero-order valence-electron chi connectivity index (χ0n) is 11.1. The first-order chi connectivity index (χ1) is 7.84. The summed E-state index contributed by atoms with van der Waals surface area (Å²) in [5.74, 6) is 0. The van der Waals surface area contributed by atoms with E-state index in [-0.39, 0.29) is 12.4 Å². The van der Waals surface area contributed by atoms with Crippen LogP contribution in [0.25, 0.3) is 0 Å². The van der Waals surface area contributed by atoms with Crippen LogP contribution in [0.15, 0.2) is 0 Å². The van der Waals surface area contributed by atoms with Gasteiger partial charge in [0.05, 0.1) is 19.8 Å². The van der Waals surface area contributed by atoms with E-state index in [9.17, 15) is 0 Å². The Morgan fingerprint density at radius 2 is 2.00 bits per heavy atom. The summed E-state index contributed by atoms with van der Waals surface area (Å²) < 4.78 is 10.4. The standard InChI is InChI=1S/C12H26N2O2.ClH/c1-14(8-9-16-11-10-15-2)12-4-3-6-13-7-5-12;/h12-13H,3-11H2,1-2H3;1H. The highest BCUT2D eigenvalue weighted by molar-refractivity contribution is 5.85. The van der Waals surface area contributed by atoms with Crippen molar-refractivity contribution in [2.45, 2.75) is 25.3 Å². The SMILES string of the molecule is COCCOCCN(C)C1CCCNCC1.Cl. The maximum Gasteiger partial charge on any atom is 0.0700 e. The van der Waals surface area contributed by atoms with Crippen molar-refractivity contribution in [3.8, 4) is 0 Å². The number of rotatable bonds is 7. The maximum atomic E-state index is 5.48. The molecule has 0 saturated carbocycles. The molecule has 0 aromatic carbocycles. The van der Waals surface area contributed by atoms with E-state index in [4.69, 9.17) is 9.47 Å². The highest BCUT2D eigenvalue weighted by Gasteiger charge is 2.15. The Hall–Kier alpha value is 0.130. The van der Waals surface area contributed by atoms with Gasteiger partial charge in [-0.05, 0) is 39.4 Å². The molecule has 1 atom stereocenters. The number of likely N-dealkylation sites (N-methyl/N-ethyl adjacent to an activating group) is 1. The quantitative estimate of drug-likeness (QED) is 0.701. The van der Waals surface area contributed by atoms with E-state index in [0.29, 0.717) is 13.2 Å². The Labute approximate surface area is 111 Å². The molecule has 1 aliphatic heterocycles. The van der Waals surface area contributed by atoms with Gasteiger partial charge >= 0.3 is 0 Å². The van der Waals surface area contributed by atoms with E-state index in [1.807, 2.05) is 0 Å². The molecule has 5 heteroatoms. The van der Waals surface area contributed by atoms with Crippen LogP contribution in [0.4, 0.5) is 0 Å². The zero-order valence-corrected chi connectivity index (χ0v) is 11.9. The van der Waals surface area contributed by atoms with Gasteiger partial charge in [-0.15, -0.1) is 12.4 Å². The molecule has 1 saturated heterocycles. The molecule has 104 valence electrons. The third-order valence-corrected chi connectivity index (χ3v) is 3.19. The van der Waals surface area contributed by atoms with Crippen molar-refractivity contribution in [1.29, 1.82) is 0 Å². The van der Waals surface area contributed by atoms with Crippen molar-refractivity contribution in [3.05, 3.63) is 0 Å². The number of methoxy groups -OCH3 is 1. The van der Waals surface area contributed by atoms with Crippen LogP contribution in [0.5, 0.6) is 0 Å². The summed E-state index contributed by atoms with van der Waals surface area (Å²) in [6.45, 7) is 5.56. The number of hydrogen-bond donors (Lipinski definition) is 1. The summed E-state index contributed by atoms with van der Waals surface area (Å²) in [7, 11) is 3.91. The Morgan fingerprint density at radius 1 is 1.18 bits per heavy atom. The van der Waals surface area contributed by atoms with Crippen LogP contribution in [-0.2, 0) is 9.47 Å². The number of ether oxygens (including phenoxy) is 2. The molecule has 1 unspecified atom stereocenters. The molecule has 1 aliphatic rings. The second kappa shape index (κ2) is 11.2. The van der Waals surface area contributed by atoms with Crippen LogP contribution in [0.1, 0.15) is 19.3 Å². The predicted molar refractivity (Wildman–Crippen MR) is 73.1 cm³/mol. The van der Waals surface area contributed by atoms with Crippen LogP contribution in [0.2, 0.25) is 0 Å². The van der Waals surface area contributed by atoms with E-state index >= 15 is 0 Å². The monoisotopic (exact) mass is 266 g/mol. The minimum Gasteiger partial charge on any atom is -0.382 e. The van der Waals surface area contributed by atoms with Crippen LogP contribution in [0.3, 0.4) is 0 Å². The van der Waals surface area contributed by atoms with Gasteiger partial charge in [0.1, 0.15) is 0 Å². The molecule has 1 heterocycles. The number of hydrogen-bond acceptors (Lipinski definition) is 4. The Bertz CT molecular complexity index is 165. The van der Waals surface area contributed by atoms with Crippen molar-refractivity contribution in [2.75, 3.05) is 53.6 Å². The highest BCUT2D eigenvalue weighted by atomic mass is 35.5. The molecular formula is C12H27ClN2O2. The highest BCUT2D eigenvalue weighted by Crippen LogP contribution is 2.11. The third kappa shape index (κ3) is 7.95. The van der Waals surface area contributed by atoms with Gasteiger partial charge in [-0.2, -0.15) is 0 Å². The molecule has 0 spiro atoms. The van der Waals surface area contributed by atoms with E-state index < -0.39 is 0 Å². The average molecular weight is 267 g/mol. The first-order valence-corrected chi connectivity index (χ1v) is 6.32. The molecular weight excluding hydrogens is 240 g/mol. The number of halogens is 1. The third-order valence-electron chi connectivity index (χ3n) is 3.19. The normalized spacial score (nSPS) is 21.0. The minimum absolute atomic E-state index is 0. The molecule has 1 rings (SSSR count). The second-order valence-corrected chi connectivity index (χ2v) is 4.42. The number of nitrogens with zero attached hydrogens (tertiary/aromatic N) is 1. The topological polar surface area (TPSA) is 33.7 Å². The lowest BCUT2D eigenvalue weighted by Crippen LogP contribution is -2.35. The van der Waals surface area contributed by atoms with Gasteiger partial charge in [0, 0.05) is 19.7 Å². The Balaban J connectivity index is 0.00000256. The van der Waals surface area contributed by atoms with Crippen LogP contribution in [0, 0.1) is 0 Å². The van der Waals surface area contributed by atoms with Gasteiger partial charge in [0.25, 0.3) is 0 Å². The molecule has 0 aromatic heterocycles. The van der Waals surface area contributed by atoms with Gasteiger partial charge in [0.2, 0.25) is 0 Å². The summed E-state index contributed by atoms with van der Waals surface area (Å²) in [6, 6.07) is 0.723. The fraction of sp³-hybridized carbons (Fsp3) is 1.00. The lowest BCUT2D eigenvalue weighted by atomic mass is 10.1. The largest absolute Gasteiger partial charge is 0.382 e. The van der Waals surface area contributed by atoms with Crippen molar-refractivity contribution < 1.29 is 9.47 Å². The molecule has 0 radical (unpaired) electrons. The minimum atomic E-state index is 0. The predicted octanol–water partition coefficient (Wildman–Crippen LogP) is 1.15. The van der Waals surface area contributed by atoms with Gasteiger partial charge in [-0.3, -0.25) is 0 Å². The van der Waals surface area contributed by atoms with Gasteiger partial charge in [-0.25, -0.2) is 0 Å². The zero-order chi connectivity index (χ0) is 11.6. The molecule has 0 bridgehead atoms. The van der Waals surface area contributed by atoms with E-state index in [1.54, 1.807) is 7.11 Å². The molecule has 0 amide bonds. The fourth-order valence-electron chi connectivity index (χ4n) is 2.08. The van der Waals surface area contributed by atoms with Crippen LogP contribution < -0.4 is 5.32 Å². The van der Waals surface area contributed by atoms with Crippen molar-refractivity contribution in [1.82, 2.24) is 10.2 Å². The molecule has 4 nitrogen and oxygen atoms in total. The van der Waals surface area contributed by atoms with Crippen molar-refractivity contribution in [2.24, 2.45) is 0 Å². The smallest absolute Gasteiger partial charge is 0.0700 e. The molecule has 1 N–H and O–H groups in total. The Kier molecular flexibility index (Phi) is 11.3. The lowest BCUT2D eigenvalue weighted by molar-refractivity contribution is 0.0538. The molecule has 1 fully saturated rings. The van der Waals surface area contributed by atoms with E-state index in [2.05, 4.69) is 17.3 Å². The first kappa shape index (κ1) is 17.1. The van der Waals surface area contributed by atoms with Gasteiger partial charge in [0.15, 0.2) is 0 Å². The maximum absolute atomic E-state index is 5.48. The van der Waals surface area contributed by atoms with Crippen LogP contribution >= 0.6 is 12.4 Å². The fourth-order valence-corrected chi connectivity index (χ4v) is 2.08. The summed E-state index contributed by atoms with van der Waals surface area (Å²) in [5.41, 5.74) is 0. The number of nitrogens with one attached hydrogen (secondary N) is 1. The second-order valence-electron chi connectivity index (χ2n) is 4.42. The van der Waals surface area contributed by atoms with Gasteiger partial charge < -0.3 is 19.7 Å². The first-order valence-electron chi connectivity index (χ1n) is 6.32. The van der Waals surface area contributed by atoms with Gasteiger partial charge in [-0.1, -0.05) is 0 Å². The lowest BCUT2D eigenvalue weighted by Gasteiger charge is -2.26. The molecule has 0 aromatic rings. The summed E-state index contributed by atoms with van der Waals surface area (Å²) >= 11 is 0. The van der Waals surface area contributed by atoms with E-state index in [0.717, 1.165) is 25.7 Å². The van der Waals surface area contributed by atoms with Crippen molar-refractivity contribution >= 4 is 12.4 Å².